The monoisotopic (exact) mass is 386 g/mol. The van der Waals surface area contributed by atoms with Gasteiger partial charge >= 0.3 is 0 Å². The minimum Gasteiger partial charge on any atom is -0.378 e. The van der Waals surface area contributed by atoms with E-state index in [2.05, 4.69) is 53.1 Å². The third kappa shape index (κ3) is 2.89. The fraction of sp³-hybridized carbons (Fsp3) is 0.500. The van der Waals surface area contributed by atoms with Gasteiger partial charge in [0.15, 0.2) is 0 Å². The van der Waals surface area contributed by atoms with E-state index >= 15 is 0 Å². The number of anilines is 1. The van der Waals surface area contributed by atoms with Crippen molar-refractivity contribution >= 4 is 11.6 Å². The van der Waals surface area contributed by atoms with Crippen molar-refractivity contribution in [1.82, 2.24) is 5.32 Å². The van der Waals surface area contributed by atoms with Crippen LogP contribution in [0.5, 0.6) is 0 Å². The topological polar surface area (TPSA) is 41.1 Å². The number of carbonyl (C=O) groups excluding carboxylic acids is 1. The van der Waals surface area contributed by atoms with Crippen LogP contribution in [0.3, 0.4) is 0 Å². The molecule has 1 heterocycles. The van der Waals surface area contributed by atoms with Gasteiger partial charge in [-0.25, -0.2) is 0 Å². The lowest BCUT2D eigenvalue weighted by Crippen LogP contribution is -2.36. The second kappa shape index (κ2) is 6.90. The third-order valence-corrected chi connectivity index (χ3v) is 8.20. The second-order valence-corrected chi connectivity index (χ2v) is 9.73. The quantitative estimate of drug-likeness (QED) is 0.715. The molecule has 2 N–H and O–H groups in total. The van der Waals surface area contributed by atoms with Crippen LogP contribution >= 0.6 is 0 Å². The summed E-state index contributed by atoms with van der Waals surface area (Å²) in [5.41, 5.74) is 4.89. The summed E-state index contributed by atoms with van der Waals surface area (Å²) in [5.74, 6) is 2.95. The molecule has 150 valence electrons. The number of carbonyl (C=O) groups is 1. The van der Waals surface area contributed by atoms with E-state index in [1.54, 1.807) is 0 Å². The lowest BCUT2D eigenvalue weighted by atomic mass is 9.68. The molecule has 3 fully saturated rings. The zero-order valence-corrected chi connectivity index (χ0v) is 16.9. The highest BCUT2D eigenvalue weighted by Gasteiger charge is 2.53. The van der Waals surface area contributed by atoms with E-state index in [4.69, 9.17) is 0 Å². The Morgan fingerprint density at radius 1 is 0.931 bits per heavy atom. The summed E-state index contributed by atoms with van der Waals surface area (Å²) >= 11 is 0. The summed E-state index contributed by atoms with van der Waals surface area (Å²) in [5, 5.41) is 7.15. The molecule has 0 radical (unpaired) electrons. The first-order chi connectivity index (χ1) is 14.3. The molecular formula is C26H30N2O. The average molecular weight is 387 g/mol. The van der Waals surface area contributed by atoms with Gasteiger partial charge < -0.3 is 10.6 Å². The van der Waals surface area contributed by atoms with E-state index in [1.165, 1.54) is 48.9 Å². The van der Waals surface area contributed by atoms with Crippen molar-refractivity contribution in [2.75, 3.05) is 5.32 Å². The molecule has 1 amide bonds. The average Bonchev–Trinajstić information content (AvgIpc) is 3.51. The Balaban J connectivity index is 1.35. The first-order valence-electron chi connectivity index (χ1n) is 11.5. The van der Waals surface area contributed by atoms with Crippen LogP contribution in [-0.2, 0) is 0 Å². The molecule has 1 aliphatic heterocycles. The first kappa shape index (κ1) is 17.6. The molecule has 2 aromatic carbocycles. The minimum absolute atomic E-state index is 0.115. The van der Waals surface area contributed by atoms with E-state index in [0.717, 1.165) is 30.2 Å². The highest BCUT2D eigenvalue weighted by atomic mass is 16.1. The van der Waals surface area contributed by atoms with E-state index in [-0.39, 0.29) is 5.91 Å². The smallest absolute Gasteiger partial charge is 0.251 e. The van der Waals surface area contributed by atoms with Gasteiger partial charge in [0.1, 0.15) is 0 Å². The predicted molar refractivity (Wildman–Crippen MR) is 116 cm³/mol. The number of fused-ring (bicyclic) bond motifs is 7. The van der Waals surface area contributed by atoms with Gasteiger partial charge in [-0.05, 0) is 85.1 Å². The summed E-state index contributed by atoms with van der Waals surface area (Å²) in [4.78, 5) is 12.9. The van der Waals surface area contributed by atoms with Crippen LogP contribution in [0.4, 0.5) is 5.69 Å². The largest absolute Gasteiger partial charge is 0.378 e. The van der Waals surface area contributed by atoms with Crippen LogP contribution < -0.4 is 10.6 Å². The number of rotatable bonds is 3. The van der Waals surface area contributed by atoms with E-state index in [1.807, 2.05) is 6.07 Å². The van der Waals surface area contributed by atoms with Gasteiger partial charge in [-0.1, -0.05) is 43.2 Å². The number of benzene rings is 2. The Morgan fingerprint density at radius 3 is 2.55 bits per heavy atom. The molecule has 6 rings (SSSR count). The minimum atomic E-state index is 0.115. The van der Waals surface area contributed by atoms with Crippen molar-refractivity contribution in [3.63, 3.8) is 0 Å². The van der Waals surface area contributed by atoms with Gasteiger partial charge in [0.05, 0.1) is 6.04 Å². The van der Waals surface area contributed by atoms with Crippen LogP contribution in [-0.4, -0.2) is 11.9 Å². The number of amides is 1. The summed E-state index contributed by atoms with van der Waals surface area (Å²) in [6, 6.07) is 18.1. The van der Waals surface area contributed by atoms with Crippen LogP contribution in [0.15, 0.2) is 48.5 Å². The van der Waals surface area contributed by atoms with Crippen LogP contribution in [0, 0.1) is 17.8 Å². The molecule has 2 bridgehead atoms. The summed E-state index contributed by atoms with van der Waals surface area (Å²) < 4.78 is 0. The van der Waals surface area contributed by atoms with E-state index in [0.29, 0.717) is 23.9 Å². The van der Waals surface area contributed by atoms with Gasteiger partial charge in [-0.15, -0.1) is 0 Å². The van der Waals surface area contributed by atoms with Crippen LogP contribution in [0.2, 0.25) is 0 Å². The molecular weight excluding hydrogens is 356 g/mol. The lowest BCUT2D eigenvalue weighted by Gasteiger charge is -2.43. The van der Waals surface area contributed by atoms with Gasteiger partial charge in [-0.2, -0.15) is 0 Å². The van der Waals surface area contributed by atoms with Crippen molar-refractivity contribution in [3.8, 4) is 0 Å². The van der Waals surface area contributed by atoms with Gasteiger partial charge in [0, 0.05) is 17.3 Å². The maximum absolute atomic E-state index is 12.9. The Morgan fingerprint density at radius 2 is 1.72 bits per heavy atom. The lowest BCUT2D eigenvalue weighted by molar-refractivity contribution is 0.0937. The summed E-state index contributed by atoms with van der Waals surface area (Å²) in [6.45, 7) is 0. The van der Waals surface area contributed by atoms with E-state index < -0.39 is 0 Å². The van der Waals surface area contributed by atoms with Crippen LogP contribution in [0.1, 0.15) is 78.4 Å². The first-order valence-corrected chi connectivity index (χ1v) is 11.5. The van der Waals surface area contributed by atoms with Crippen molar-refractivity contribution in [3.05, 3.63) is 65.2 Å². The maximum atomic E-state index is 12.9. The molecule has 29 heavy (non-hydrogen) atoms. The molecule has 3 heteroatoms. The van der Waals surface area contributed by atoms with Crippen LogP contribution in [0.25, 0.3) is 0 Å². The Bertz CT molecular complexity index is 918. The Kier molecular flexibility index (Phi) is 4.18. The summed E-state index contributed by atoms with van der Waals surface area (Å²) in [7, 11) is 0. The normalized spacial score (nSPS) is 32.5. The van der Waals surface area contributed by atoms with Gasteiger partial charge in [-0.3, -0.25) is 4.79 Å². The van der Waals surface area contributed by atoms with Crippen molar-refractivity contribution in [2.24, 2.45) is 17.8 Å². The molecule has 0 saturated heterocycles. The zero-order valence-electron chi connectivity index (χ0n) is 16.9. The molecule has 3 saturated carbocycles. The van der Waals surface area contributed by atoms with E-state index in [9.17, 15) is 4.79 Å². The Labute approximate surface area is 173 Å². The van der Waals surface area contributed by atoms with Crippen molar-refractivity contribution in [2.45, 2.75) is 62.9 Å². The number of hydrogen-bond acceptors (Lipinski definition) is 2. The van der Waals surface area contributed by atoms with Gasteiger partial charge in [0.25, 0.3) is 5.91 Å². The molecule has 0 spiro atoms. The zero-order chi connectivity index (χ0) is 19.4. The van der Waals surface area contributed by atoms with Gasteiger partial charge in [0.2, 0.25) is 0 Å². The molecule has 4 aliphatic rings. The highest BCUT2D eigenvalue weighted by molar-refractivity contribution is 5.95. The molecule has 2 aromatic rings. The van der Waals surface area contributed by atoms with Crippen molar-refractivity contribution in [1.29, 1.82) is 0 Å². The predicted octanol–water partition coefficient (Wildman–Crippen LogP) is 5.66. The molecule has 0 unspecified atom stereocenters. The molecule has 3 nitrogen and oxygen atoms in total. The molecule has 3 aliphatic carbocycles. The Hall–Kier alpha value is -2.29. The molecule has 0 aromatic heterocycles. The number of nitrogens with one attached hydrogen (secondary N) is 2. The van der Waals surface area contributed by atoms with Crippen molar-refractivity contribution < 1.29 is 4.79 Å². The standard InChI is InChI=1S/C26H30N2O/c29-26(27-20-8-4-5-9-20)19-12-13-22-21(15-19)23-17-10-11-18(14-17)24(23)25(28-22)16-6-2-1-3-7-16/h1-3,6-7,12-13,15,17-18,20,23-25,28H,4-5,8-11,14H2,(H,27,29)/t17-,18+,23-,24+,25-/m0/s1. The molecule has 5 atom stereocenters. The summed E-state index contributed by atoms with van der Waals surface area (Å²) in [6.07, 6.45) is 8.83. The fourth-order valence-electron chi connectivity index (χ4n) is 6.96. The SMILES string of the molecule is O=C(NC1CCCC1)c1ccc2c(c1)[C@@H]1[C@H]3CC[C@H](C3)[C@H]1[C@H](c1ccccc1)N2. The second-order valence-electron chi connectivity index (χ2n) is 9.73. The highest BCUT2D eigenvalue weighted by Crippen LogP contribution is 2.63. The third-order valence-electron chi connectivity index (χ3n) is 8.20. The maximum Gasteiger partial charge on any atom is 0.251 e. The number of hydrogen-bond donors (Lipinski definition) is 2. The fourth-order valence-corrected chi connectivity index (χ4v) is 6.96.